The SMILES string of the molecule is COc1c(-c2nc3ccc(Cl)cn3c2N)c(C)nn1C. The van der Waals surface area contributed by atoms with Crippen molar-refractivity contribution in [1.29, 1.82) is 0 Å². The zero-order chi connectivity index (χ0) is 14.4. The monoisotopic (exact) mass is 291 g/mol. The van der Waals surface area contributed by atoms with Gasteiger partial charge in [-0.15, -0.1) is 0 Å². The fourth-order valence-corrected chi connectivity index (χ4v) is 2.53. The van der Waals surface area contributed by atoms with Gasteiger partial charge >= 0.3 is 0 Å². The molecule has 3 rings (SSSR count). The highest BCUT2D eigenvalue weighted by Gasteiger charge is 2.22. The molecule has 3 aromatic heterocycles. The number of nitrogens with two attached hydrogens (primary N) is 1. The number of hydrogen-bond acceptors (Lipinski definition) is 4. The van der Waals surface area contributed by atoms with E-state index in [9.17, 15) is 0 Å². The third-order valence-electron chi connectivity index (χ3n) is 3.22. The van der Waals surface area contributed by atoms with Gasteiger partial charge in [0.25, 0.3) is 0 Å². The minimum atomic E-state index is 0.511. The third-order valence-corrected chi connectivity index (χ3v) is 3.44. The molecule has 0 saturated heterocycles. The Balaban J connectivity index is 2.33. The van der Waals surface area contributed by atoms with Crippen molar-refractivity contribution in [2.24, 2.45) is 7.05 Å². The number of halogens is 1. The summed E-state index contributed by atoms with van der Waals surface area (Å²) in [5.74, 6) is 1.14. The van der Waals surface area contributed by atoms with Gasteiger partial charge in [0.05, 0.1) is 23.4 Å². The van der Waals surface area contributed by atoms with Crippen molar-refractivity contribution in [3.63, 3.8) is 0 Å². The average Bonchev–Trinajstić information content (AvgIpc) is 2.87. The van der Waals surface area contributed by atoms with Crippen LogP contribution >= 0.6 is 11.6 Å². The second kappa shape index (κ2) is 4.42. The summed E-state index contributed by atoms with van der Waals surface area (Å²) in [6.07, 6.45) is 1.74. The highest BCUT2D eigenvalue weighted by Crippen LogP contribution is 2.36. The number of hydrogen-bond donors (Lipinski definition) is 1. The number of nitrogen functional groups attached to an aromatic ring is 1. The Bertz CT molecular complexity index is 805. The van der Waals surface area contributed by atoms with E-state index in [4.69, 9.17) is 22.1 Å². The summed E-state index contributed by atoms with van der Waals surface area (Å²) in [5.41, 5.74) is 9.18. The van der Waals surface area contributed by atoms with Crippen LogP contribution in [0.3, 0.4) is 0 Å². The molecule has 104 valence electrons. The minimum absolute atomic E-state index is 0.511. The van der Waals surface area contributed by atoms with Crippen LogP contribution in [0.5, 0.6) is 5.88 Å². The normalized spacial score (nSPS) is 11.2. The van der Waals surface area contributed by atoms with E-state index < -0.39 is 0 Å². The molecule has 3 heterocycles. The van der Waals surface area contributed by atoms with Crippen LogP contribution in [-0.2, 0) is 7.05 Å². The summed E-state index contributed by atoms with van der Waals surface area (Å²) in [7, 11) is 3.42. The van der Waals surface area contributed by atoms with Crippen molar-refractivity contribution in [2.75, 3.05) is 12.8 Å². The molecule has 20 heavy (non-hydrogen) atoms. The van der Waals surface area contributed by atoms with Crippen molar-refractivity contribution in [3.05, 3.63) is 29.0 Å². The summed E-state index contributed by atoms with van der Waals surface area (Å²) in [6.45, 7) is 1.90. The quantitative estimate of drug-likeness (QED) is 0.786. The van der Waals surface area contributed by atoms with E-state index in [0.29, 0.717) is 22.4 Å². The zero-order valence-electron chi connectivity index (χ0n) is 11.4. The molecule has 0 aromatic carbocycles. The molecule has 0 saturated carbocycles. The molecule has 7 heteroatoms. The van der Waals surface area contributed by atoms with Gasteiger partial charge in [-0.05, 0) is 19.1 Å². The van der Waals surface area contributed by atoms with Gasteiger partial charge in [0, 0.05) is 13.2 Å². The van der Waals surface area contributed by atoms with Gasteiger partial charge in [0.1, 0.15) is 17.2 Å². The van der Waals surface area contributed by atoms with E-state index in [1.54, 1.807) is 28.5 Å². The summed E-state index contributed by atoms with van der Waals surface area (Å²) >= 11 is 5.99. The Kier molecular flexibility index (Phi) is 2.83. The Morgan fingerprint density at radius 1 is 1.35 bits per heavy atom. The van der Waals surface area contributed by atoms with E-state index in [-0.39, 0.29) is 0 Å². The number of pyridine rings is 1. The topological polar surface area (TPSA) is 70.4 Å². The maximum Gasteiger partial charge on any atom is 0.221 e. The third kappa shape index (κ3) is 1.72. The Morgan fingerprint density at radius 3 is 2.80 bits per heavy atom. The number of ether oxygens (including phenoxy) is 1. The van der Waals surface area contributed by atoms with Crippen molar-refractivity contribution < 1.29 is 4.74 Å². The van der Waals surface area contributed by atoms with E-state index in [2.05, 4.69) is 10.1 Å². The molecule has 0 spiro atoms. The Morgan fingerprint density at radius 2 is 2.10 bits per heavy atom. The second-order valence-electron chi connectivity index (χ2n) is 4.51. The number of rotatable bonds is 2. The standard InChI is InChI=1S/C13H14ClN5O/c1-7-10(13(20-3)18(2)17-7)11-12(15)19-6-8(14)4-5-9(19)16-11/h4-6H,15H2,1-3H3. The number of nitrogens with zero attached hydrogens (tertiary/aromatic N) is 4. The Hall–Kier alpha value is -2.21. The van der Waals surface area contributed by atoms with Gasteiger partial charge in [-0.25, -0.2) is 9.67 Å². The Labute approximate surface area is 120 Å². The molecular weight excluding hydrogens is 278 g/mol. The molecule has 0 aliphatic heterocycles. The molecule has 0 unspecified atom stereocenters. The maximum absolute atomic E-state index is 6.19. The summed E-state index contributed by atoms with van der Waals surface area (Å²) < 4.78 is 8.82. The number of fused-ring (bicyclic) bond motifs is 1. The van der Waals surface area contributed by atoms with Gasteiger partial charge in [0.2, 0.25) is 5.88 Å². The molecule has 0 atom stereocenters. The van der Waals surface area contributed by atoms with Crippen LogP contribution in [0.1, 0.15) is 5.69 Å². The minimum Gasteiger partial charge on any atom is -0.481 e. The second-order valence-corrected chi connectivity index (χ2v) is 4.95. The lowest BCUT2D eigenvalue weighted by Crippen LogP contribution is -1.97. The lowest BCUT2D eigenvalue weighted by Gasteiger charge is -2.03. The predicted molar refractivity (Wildman–Crippen MR) is 78.1 cm³/mol. The van der Waals surface area contributed by atoms with Gasteiger partial charge in [0.15, 0.2) is 0 Å². The van der Waals surface area contributed by atoms with Gasteiger partial charge in [-0.3, -0.25) is 4.40 Å². The molecule has 6 nitrogen and oxygen atoms in total. The first-order valence-electron chi connectivity index (χ1n) is 6.04. The fourth-order valence-electron chi connectivity index (χ4n) is 2.36. The van der Waals surface area contributed by atoms with Crippen LogP contribution in [0.2, 0.25) is 5.02 Å². The zero-order valence-corrected chi connectivity index (χ0v) is 12.1. The van der Waals surface area contributed by atoms with Crippen molar-refractivity contribution in [1.82, 2.24) is 19.2 Å². The van der Waals surface area contributed by atoms with E-state index in [1.807, 2.05) is 20.0 Å². The maximum atomic E-state index is 6.19. The average molecular weight is 292 g/mol. The van der Waals surface area contributed by atoms with Gasteiger partial charge in [-0.1, -0.05) is 11.6 Å². The fraction of sp³-hybridized carbons (Fsp3) is 0.231. The van der Waals surface area contributed by atoms with Crippen LogP contribution in [0.4, 0.5) is 5.82 Å². The molecule has 0 amide bonds. The van der Waals surface area contributed by atoms with Crippen LogP contribution in [0.25, 0.3) is 16.9 Å². The number of methoxy groups -OCH3 is 1. The first-order valence-corrected chi connectivity index (χ1v) is 6.41. The van der Waals surface area contributed by atoms with Gasteiger partial charge in [-0.2, -0.15) is 5.10 Å². The van der Waals surface area contributed by atoms with Crippen LogP contribution in [0, 0.1) is 6.92 Å². The molecule has 2 N–H and O–H groups in total. The number of anilines is 1. The first kappa shape index (κ1) is 12.8. The van der Waals surface area contributed by atoms with Crippen molar-refractivity contribution in [2.45, 2.75) is 6.92 Å². The van der Waals surface area contributed by atoms with Gasteiger partial charge < -0.3 is 10.5 Å². The highest BCUT2D eigenvalue weighted by atomic mass is 35.5. The smallest absolute Gasteiger partial charge is 0.221 e. The van der Waals surface area contributed by atoms with Crippen molar-refractivity contribution in [3.8, 4) is 17.1 Å². The number of aryl methyl sites for hydroxylation is 2. The molecular formula is C13H14ClN5O. The number of aromatic nitrogens is 4. The van der Waals surface area contributed by atoms with Crippen molar-refractivity contribution >= 4 is 23.1 Å². The molecule has 0 bridgehead atoms. The van der Waals surface area contributed by atoms with Crippen LogP contribution in [0.15, 0.2) is 18.3 Å². The highest BCUT2D eigenvalue weighted by molar-refractivity contribution is 6.30. The molecule has 0 aliphatic rings. The number of imidazole rings is 1. The lowest BCUT2D eigenvalue weighted by atomic mass is 10.2. The largest absolute Gasteiger partial charge is 0.481 e. The molecule has 0 radical (unpaired) electrons. The lowest BCUT2D eigenvalue weighted by molar-refractivity contribution is 0.374. The summed E-state index contributed by atoms with van der Waals surface area (Å²) in [4.78, 5) is 4.55. The molecule has 3 aromatic rings. The first-order chi connectivity index (χ1) is 9.52. The predicted octanol–water partition coefficient (Wildman–Crippen LogP) is 2.29. The summed E-state index contributed by atoms with van der Waals surface area (Å²) in [5, 5.41) is 4.95. The molecule has 0 aliphatic carbocycles. The van der Waals surface area contributed by atoms with E-state index in [0.717, 1.165) is 16.9 Å². The summed E-state index contributed by atoms with van der Waals surface area (Å²) in [6, 6.07) is 3.60. The van der Waals surface area contributed by atoms with Crippen LogP contribution in [-0.4, -0.2) is 26.3 Å². The van der Waals surface area contributed by atoms with E-state index in [1.165, 1.54) is 0 Å². The van der Waals surface area contributed by atoms with E-state index >= 15 is 0 Å². The molecule has 0 fully saturated rings. The van der Waals surface area contributed by atoms with Crippen LogP contribution < -0.4 is 10.5 Å².